The SMILES string of the molecule is COc1ccc(NC(=O)c2scnc2C2CC2)cc1CO. The number of aliphatic hydroxyl groups is 1. The summed E-state index contributed by atoms with van der Waals surface area (Å²) in [4.78, 5) is 17.3. The lowest BCUT2D eigenvalue weighted by Gasteiger charge is -2.10. The first kappa shape index (κ1) is 14.0. The molecular formula is C15H16N2O3S. The molecule has 1 amide bonds. The highest BCUT2D eigenvalue weighted by Crippen LogP contribution is 2.41. The van der Waals surface area contributed by atoms with Crippen molar-refractivity contribution >= 4 is 22.9 Å². The van der Waals surface area contributed by atoms with Crippen molar-refractivity contribution in [2.24, 2.45) is 0 Å². The van der Waals surface area contributed by atoms with Crippen molar-refractivity contribution in [2.45, 2.75) is 25.4 Å². The van der Waals surface area contributed by atoms with E-state index in [9.17, 15) is 9.90 Å². The topological polar surface area (TPSA) is 71.5 Å². The lowest BCUT2D eigenvalue weighted by atomic mass is 10.2. The average molecular weight is 304 g/mol. The molecule has 110 valence electrons. The number of aliphatic hydroxyl groups excluding tert-OH is 1. The minimum Gasteiger partial charge on any atom is -0.496 e. The van der Waals surface area contributed by atoms with Crippen molar-refractivity contribution in [3.8, 4) is 5.75 Å². The van der Waals surface area contributed by atoms with Crippen LogP contribution < -0.4 is 10.1 Å². The zero-order valence-electron chi connectivity index (χ0n) is 11.6. The van der Waals surface area contributed by atoms with Gasteiger partial charge in [0.1, 0.15) is 10.6 Å². The van der Waals surface area contributed by atoms with Gasteiger partial charge >= 0.3 is 0 Å². The molecule has 1 aromatic heterocycles. The number of rotatable bonds is 5. The van der Waals surface area contributed by atoms with Crippen LogP contribution in [0.15, 0.2) is 23.7 Å². The zero-order valence-corrected chi connectivity index (χ0v) is 12.4. The van der Waals surface area contributed by atoms with E-state index in [1.165, 1.54) is 11.3 Å². The predicted molar refractivity (Wildman–Crippen MR) is 81.0 cm³/mol. The molecule has 1 fully saturated rings. The van der Waals surface area contributed by atoms with E-state index in [0.29, 0.717) is 27.8 Å². The van der Waals surface area contributed by atoms with Gasteiger partial charge in [-0.1, -0.05) is 0 Å². The van der Waals surface area contributed by atoms with Gasteiger partial charge in [-0.2, -0.15) is 0 Å². The fourth-order valence-corrected chi connectivity index (χ4v) is 3.01. The number of carbonyl (C=O) groups excluding carboxylic acids is 1. The van der Waals surface area contributed by atoms with Crippen LogP contribution in [0, 0.1) is 0 Å². The van der Waals surface area contributed by atoms with Gasteiger partial charge in [0.2, 0.25) is 0 Å². The van der Waals surface area contributed by atoms with Crippen LogP contribution in [0.2, 0.25) is 0 Å². The molecule has 0 unspecified atom stereocenters. The number of ether oxygens (including phenoxy) is 1. The molecule has 0 saturated heterocycles. The van der Waals surface area contributed by atoms with Gasteiger partial charge in [-0.15, -0.1) is 11.3 Å². The Bertz CT molecular complexity index is 665. The van der Waals surface area contributed by atoms with Crippen molar-refractivity contribution in [1.29, 1.82) is 0 Å². The highest BCUT2D eigenvalue weighted by atomic mass is 32.1. The summed E-state index contributed by atoms with van der Waals surface area (Å²) in [6, 6.07) is 5.21. The summed E-state index contributed by atoms with van der Waals surface area (Å²) in [6.07, 6.45) is 2.22. The third kappa shape index (κ3) is 2.91. The van der Waals surface area contributed by atoms with E-state index in [1.807, 2.05) is 0 Å². The Morgan fingerprint density at radius 2 is 2.33 bits per heavy atom. The number of hydrogen-bond donors (Lipinski definition) is 2. The number of nitrogens with zero attached hydrogens (tertiary/aromatic N) is 1. The van der Waals surface area contributed by atoms with Crippen LogP contribution in [0.4, 0.5) is 5.69 Å². The molecule has 5 nitrogen and oxygen atoms in total. The maximum Gasteiger partial charge on any atom is 0.267 e. The molecule has 0 aliphatic heterocycles. The van der Waals surface area contributed by atoms with Crippen LogP contribution in [0.5, 0.6) is 5.75 Å². The molecule has 0 spiro atoms. The van der Waals surface area contributed by atoms with E-state index in [1.54, 1.807) is 30.8 Å². The van der Waals surface area contributed by atoms with Gasteiger partial charge in [-0.25, -0.2) is 4.98 Å². The maximum atomic E-state index is 12.3. The van der Waals surface area contributed by atoms with Crippen molar-refractivity contribution < 1.29 is 14.6 Å². The van der Waals surface area contributed by atoms with Gasteiger partial charge in [0.15, 0.2) is 0 Å². The molecule has 3 rings (SSSR count). The van der Waals surface area contributed by atoms with Crippen LogP contribution in [0.25, 0.3) is 0 Å². The summed E-state index contributed by atoms with van der Waals surface area (Å²) >= 11 is 1.37. The highest BCUT2D eigenvalue weighted by Gasteiger charge is 2.30. The Balaban J connectivity index is 1.79. The Hall–Kier alpha value is -1.92. The minimum absolute atomic E-state index is 0.138. The van der Waals surface area contributed by atoms with Crippen molar-refractivity contribution in [3.05, 3.63) is 39.8 Å². The van der Waals surface area contributed by atoms with Crippen LogP contribution in [0.3, 0.4) is 0 Å². The standard InChI is InChI=1S/C15H16N2O3S/c1-20-12-5-4-11(6-10(12)7-18)17-15(19)14-13(9-2-3-9)16-8-21-14/h4-6,8-9,18H,2-3,7H2,1H3,(H,17,19). The first-order chi connectivity index (χ1) is 10.2. The van der Waals surface area contributed by atoms with Gasteiger partial charge in [0.25, 0.3) is 5.91 Å². The number of benzene rings is 1. The van der Waals surface area contributed by atoms with E-state index >= 15 is 0 Å². The fourth-order valence-electron chi connectivity index (χ4n) is 2.24. The molecular weight excluding hydrogens is 288 g/mol. The number of thiazole rings is 1. The molecule has 0 bridgehead atoms. The molecule has 2 N–H and O–H groups in total. The molecule has 1 saturated carbocycles. The minimum atomic E-state index is -0.145. The van der Waals surface area contributed by atoms with Crippen molar-refractivity contribution in [2.75, 3.05) is 12.4 Å². The summed E-state index contributed by atoms with van der Waals surface area (Å²) in [6.45, 7) is -0.138. The largest absolute Gasteiger partial charge is 0.496 e. The summed E-state index contributed by atoms with van der Waals surface area (Å²) in [5, 5.41) is 12.2. The van der Waals surface area contributed by atoms with Crippen molar-refractivity contribution in [1.82, 2.24) is 4.98 Å². The lowest BCUT2D eigenvalue weighted by molar-refractivity contribution is 0.102. The molecule has 1 aromatic carbocycles. The number of methoxy groups -OCH3 is 1. The van der Waals surface area contributed by atoms with Crippen LogP contribution >= 0.6 is 11.3 Å². The fraction of sp³-hybridized carbons (Fsp3) is 0.333. The Morgan fingerprint density at radius 1 is 1.52 bits per heavy atom. The number of anilines is 1. The molecule has 1 aliphatic carbocycles. The second-order valence-corrected chi connectivity index (χ2v) is 5.83. The summed E-state index contributed by atoms with van der Waals surface area (Å²) in [5.41, 5.74) is 3.91. The van der Waals surface area contributed by atoms with E-state index in [2.05, 4.69) is 10.3 Å². The third-order valence-corrected chi connectivity index (χ3v) is 4.31. The number of aromatic nitrogens is 1. The normalized spacial score (nSPS) is 14.0. The summed E-state index contributed by atoms with van der Waals surface area (Å²) < 4.78 is 5.15. The smallest absolute Gasteiger partial charge is 0.267 e. The maximum absolute atomic E-state index is 12.3. The van der Waals surface area contributed by atoms with Gasteiger partial charge in [-0.3, -0.25) is 4.79 Å². The summed E-state index contributed by atoms with van der Waals surface area (Å²) in [7, 11) is 1.55. The quantitative estimate of drug-likeness (QED) is 0.891. The van der Waals surface area contributed by atoms with E-state index in [0.717, 1.165) is 18.5 Å². The average Bonchev–Trinajstić information content (AvgIpc) is 3.23. The van der Waals surface area contributed by atoms with Crippen LogP contribution in [0.1, 0.15) is 39.7 Å². The van der Waals surface area contributed by atoms with E-state index < -0.39 is 0 Å². The van der Waals surface area contributed by atoms with Crippen molar-refractivity contribution in [3.63, 3.8) is 0 Å². The Kier molecular flexibility index (Phi) is 3.90. The first-order valence-electron chi connectivity index (χ1n) is 6.75. The van der Waals surface area contributed by atoms with Gasteiger partial charge in [-0.05, 0) is 31.0 Å². The number of carbonyl (C=O) groups is 1. The molecule has 6 heteroatoms. The van der Waals surface area contributed by atoms with Gasteiger partial charge < -0.3 is 15.2 Å². The second kappa shape index (κ2) is 5.83. The number of hydrogen-bond acceptors (Lipinski definition) is 5. The monoisotopic (exact) mass is 304 g/mol. The molecule has 0 atom stereocenters. The summed E-state index contributed by atoms with van der Waals surface area (Å²) in [5.74, 6) is 0.904. The number of amides is 1. The van der Waals surface area contributed by atoms with Gasteiger partial charge in [0.05, 0.1) is 24.9 Å². The van der Waals surface area contributed by atoms with E-state index in [4.69, 9.17) is 4.74 Å². The second-order valence-electron chi connectivity index (χ2n) is 4.98. The highest BCUT2D eigenvalue weighted by molar-refractivity contribution is 7.12. The van der Waals surface area contributed by atoms with Crippen LogP contribution in [-0.2, 0) is 6.61 Å². The molecule has 2 aromatic rings. The third-order valence-electron chi connectivity index (χ3n) is 3.47. The van der Waals surface area contributed by atoms with Gasteiger partial charge in [0, 0.05) is 17.2 Å². The van der Waals surface area contributed by atoms with Crippen LogP contribution in [-0.4, -0.2) is 23.1 Å². The molecule has 1 heterocycles. The Morgan fingerprint density at radius 3 is 3.00 bits per heavy atom. The zero-order chi connectivity index (χ0) is 14.8. The predicted octanol–water partition coefficient (Wildman–Crippen LogP) is 2.77. The lowest BCUT2D eigenvalue weighted by Crippen LogP contribution is -2.12. The Labute approximate surface area is 126 Å². The number of nitrogens with one attached hydrogen (secondary N) is 1. The first-order valence-corrected chi connectivity index (χ1v) is 7.63. The molecule has 0 radical (unpaired) electrons. The molecule has 21 heavy (non-hydrogen) atoms. The molecule has 1 aliphatic rings. The van der Waals surface area contributed by atoms with E-state index in [-0.39, 0.29) is 12.5 Å².